The van der Waals surface area contributed by atoms with Crippen LogP contribution in [-0.4, -0.2) is 22.2 Å². The molecule has 1 aromatic heterocycles. The standard InChI is InChI=1S/C11H18ClN3O/c1-2-3-4-5-6-13-11(16)9-15-8-10(12)7-14-15/h7-8H,2-6,9H2,1H3,(H,13,16). The number of halogens is 1. The van der Waals surface area contributed by atoms with Gasteiger partial charge in [-0.25, -0.2) is 0 Å². The molecule has 1 heterocycles. The van der Waals surface area contributed by atoms with Crippen LogP contribution in [0.5, 0.6) is 0 Å². The first kappa shape index (κ1) is 13.0. The highest BCUT2D eigenvalue weighted by molar-refractivity contribution is 6.30. The average molecular weight is 244 g/mol. The Kier molecular flexibility index (Phi) is 5.93. The summed E-state index contributed by atoms with van der Waals surface area (Å²) in [5.74, 6) is -0.0173. The SMILES string of the molecule is CCCCCCNC(=O)Cn1cc(Cl)cn1. The molecule has 1 amide bonds. The molecule has 4 nitrogen and oxygen atoms in total. The average Bonchev–Trinajstić information content (AvgIpc) is 2.63. The van der Waals surface area contributed by atoms with Crippen molar-refractivity contribution in [2.45, 2.75) is 39.2 Å². The van der Waals surface area contributed by atoms with E-state index in [-0.39, 0.29) is 12.5 Å². The van der Waals surface area contributed by atoms with Crippen molar-refractivity contribution in [2.75, 3.05) is 6.54 Å². The largest absolute Gasteiger partial charge is 0.354 e. The van der Waals surface area contributed by atoms with Crippen LogP contribution in [0.25, 0.3) is 0 Å². The second-order valence-electron chi connectivity index (χ2n) is 3.77. The first-order valence-electron chi connectivity index (χ1n) is 5.67. The topological polar surface area (TPSA) is 46.9 Å². The predicted octanol–water partition coefficient (Wildman–Crippen LogP) is 2.23. The molecule has 5 heteroatoms. The molecule has 0 aliphatic rings. The minimum atomic E-state index is -0.0173. The highest BCUT2D eigenvalue weighted by Crippen LogP contribution is 2.04. The van der Waals surface area contributed by atoms with Crippen LogP contribution in [0, 0.1) is 0 Å². The minimum absolute atomic E-state index is 0.0173. The van der Waals surface area contributed by atoms with Crippen LogP contribution in [0.15, 0.2) is 12.4 Å². The van der Waals surface area contributed by atoms with Gasteiger partial charge in [0.05, 0.1) is 11.2 Å². The Morgan fingerprint density at radius 3 is 2.94 bits per heavy atom. The van der Waals surface area contributed by atoms with Crippen LogP contribution in [0.4, 0.5) is 0 Å². The van der Waals surface area contributed by atoms with Crippen LogP contribution in [-0.2, 0) is 11.3 Å². The fourth-order valence-corrected chi connectivity index (χ4v) is 1.56. The third kappa shape index (κ3) is 5.16. The van der Waals surface area contributed by atoms with Gasteiger partial charge in [-0.1, -0.05) is 37.8 Å². The normalized spacial score (nSPS) is 10.4. The summed E-state index contributed by atoms with van der Waals surface area (Å²) in [6.07, 6.45) is 7.81. The Morgan fingerprint density at radius 1 is 1.50 bits per heavy atom. The molecular weight excluding hydrogens is 226 g/mol. The molecule has 0 saturated carbocycles. The maximum Gasteiger partial charge on any atom is 0.241 e. The molecule has 1 aromatic rings. The number of nitrogens with zero attached hydrogens (tertiary/aromatic N) is 2. The number of nitrogens with one attached hydrogen (secondary N) is 1. The molecule has 0 spiro atoms. The van der Waals surface area contributed by atoms with Crippen LogP contribution >= 0.6 is 11.6 Å². The molecule has 0 saturated heterocycles. The molecular formula is C11H18ClN3O. The zero-order chi connectivity index (χ0) is 11.8. The van der Waals surface area contributed by atoms with Crippen molar-refractivity contribution in [1.29, 1.82) is 0 Å². The van der Waals surface area contributed by atoms with Crippen LogP contribution in [0.1, 0.15) is 32.6 Å². The van der Waals surface area contributed by atoms with E-state index in [0.29, 0.717) is 5.02 Å². The van der Waals surface area contributed by atoms with Gasteiger partial charge in [0.25, 0.3) is 0 Å². The van der Waals surface area contributed by atoms with Gasteiger partial charge >= 0.3 is 0 Å². The van der Waals surface area contributed by atoms with E-state index in [4.69, 9.17) is 11.6 Å². The Hall–Kier alpha value is -1.03. The van der Waals surface area contributed by atoms with Crippen LogP contribution < -0.4 is 5.32 Å². The van der Waals surface area contributed by atoms with E-state index in [9.17, 15) is 4.79 Å². The molecule has 1 rings (SSSR count). The first-order valence-corrected chi connectivity index (χ1v) is 6.05. The highest BCUT2D eigenvalue weighted by Gasteiger charge is 2.02. The van der Waals surface area contributed by atoms with Crippen molar-refractivity contribution in [3.63, 3.8) is 0 Å². The summed E-state index contributed by atoms with van der Waals surface area (Å²) >= 11 is 5.69. The number of hydrogen-bond acceptors (Lipinski definition) is 2. The minimum Gasteiger partial charge on any atom is -0.354 e. The van der Waals surface area contributed by atoms with Gasteiger partial charge in [0, 0.05) is 12.7 Å². The van der Waals surface area contributed by atoms with Crippen molar-refractivity contribution in [3.05, 3.63) is 17.4 Å². The van der Waals surface area contributed by atoms with Crippen LogP contribution in [0.3, 0.4) is 0 Å². The quantitative estimate of drug-likeness (QED) is 0.747. The summed E-state index contributed by atoms with van der Waals surface area (Å²) in [6, 6.07) is 0. The predicted molar refractivity (Wildman–Crippen MR) is 64.4 cm³/mol. The Bertz CT molecular complexity index is 325. The monoisotopic (exact) mass is 243 g/mol. The molecule has 0 aromatic carbocycles. The zero-order valence-electron chi connectivity index (χ0n) is 9.58. The summed E-state index contributed by atoms with van der Waals surface area (Å²) < 4.78 is 1.53. The molecule has 0 atom stereocenters. The lowest BCUT2D eigenvalue weighted by Crippen LogP contribution is -2.28. The lowest BCUT2D eigenvalue weighted by atomic mass is 10.2. The second-order valence-corrected chi connectivity index (χ2v) is 4.20. The molecule has 1 N–H and O–H groups in total. The number of unbranched alkanes of at least 4 members (excludes halogenated alkanes) is 3. The van der Waals surface area contributed by atoms with Crippen molar-refractivity contribution in [3.8, 4) is 0 Å². The lowest BCUT2D eigenvalue weighted by molar-refractivity contribution is -0.121. The van der Waals surface area contributed by atoms with Crippen molar-refractivity contribution in [2.24, 2.45) is 0 Å². The number of carbonyl (C=O) groups is 1. The summed E-state index contributed by atoms with van der Waals surface area (Å²) in [7, 11) is 0. The van der Waals surface area contributed by atoms with E-state index in [1.807, 2.05) is 0 Å². The second kappa shape index (κ2) is 7.28. The van der Waals surface area contributed by atoms with E-state index in [2.05, 4.69) is 17.3 Å². The maximum absolute atomic E-state index is 11.4. The van der Waals surface area contributed by atoms with E-state index in [1.54, 1.807) is 6.20 Å². The van der Waals surface area contributed by atoms with Gasteiger partial charge in [0.1, 0.15) is 6.54 Å². The third-order valence-electron chi connectivity index (χ3n) is 2.26. The van der Waals surface area contributed by atoms with Crippen molar-refractivity contribution in [1.82, 2.24) is 15.1 Å². The van der Waals surface area contributed by atoms with Crippen LogP contribution in [0.2, 0.25) is 5.02 Å². The van der Waals surface area contributed by atoms with Gasteiger partial charge in [-0.3, -0.25) is 9.48 Å². The molecule has 0 bridgehead atoms. The fraction of sp³-hybridized carbons (Fsp3) is 0.636. The van der Waals surface area contributed by atoms with Gasteiger partial charge in [0.15, 0.2) is 0 Å². The number of amides is 1. The van der Waals surface area contributed by atoms with E-state index in [1.165, 1.54) is 30.1 Å². The Balaban J connectivity index is 2.11. The first-order chi connectivity index (χ1) is 7.72. The van der Waals surface area contributed by atoms with Gasteiger partial charge in [-0.05, 0) is 6.42 Å². The smallest absolute Gasteiger partial charge is 0.241 e. The third-order valence-corrected chi connectivity index (χ3v) is 2.46. The summed E-state index contributed by atoms with van der Waals surface area (Å²) in [4.78, 5) is 11.4. The Labute approximate surface area is 101 Å². The number of hydrogen-bond donors (Lipinski definition) is 1. The van der Waals surface area contributed by atoms with Crippen molar-refractivity contribution >= 4 is 17.5 Å². The number of rotatable bonds is 7. The highest BCUT2D eigenvalue weighted by atomic mass is 35.5. The number of aromatic nitrogens is 2. The fourth-order valence-electron chi connectivity index (χ4n) is 1.41. The lowest BCUT2D eigenvalue weighted by Gasteiger charge is -2.04. The maximum atomic E-state index is 11.4. The molecule has 16 heavy (non-hydrogen) atoms. The summed E-state index contributed by atoms with van der Waals surface area (Å²) in [6.45, 7) is 3.15. The Morgan fingerprint density at radius 2 is 2.31 bits per heavy atom. The van der Waals surface area contributed by atoms with Gasteiger partial charge in [0.2, 0.25) is 5.91 Å². The summed E-state index contributed by atoms with van der Waals surface area (Å²) in [5.41, 5.74) is 0. The molecule has 90 valence electrons. The zero-order valence-corrected chi connectivity index (χ0v) is 10.3. The molecule has 0 aliphatic heterocycles. The van der Waals surface area contributed by atoms with E-state index in [0.717, 1.165) is 13.0 Å². The molecule has 0 aliphatic carbocycles. The van der Waals surface area contributed by atoms with E-state index < -0.39 is 0 Å². The molecule has 0 radical (unpaired) electrons. The number of carbonyl (C=O) groups excluding carboxylic acids is 1. The van der Waals surface area contributed by atoms with Gasteiger partial charge in [-0.2, -0.15) is 5.10 Å². The molecule has 0 unspecified atom stereocenters. The van der Waals surface area contributed by atoms with Gasteiger partial charge in [-0.15, -0.1) is 0 Å². The van der Waals surface area contributed by atoms with Crippen molar-refractivity contribution < 1.29 is 4.79 Å². The molecule has 0 fully saturated rings. The van der Waals surface area contributed by atoms with E-state index >= 15 is 0 Å². The van der Waals surface area contributed by atoms with Gasteiger partial charge < -0.3 is 5.32 Å². The summed E-state index contributed by atoms with van der Waals surface area (Å²) in [5, 5.41) is 7.35.